The maximum atomic E-state index is 14.7. The Morgan fingerprint density at radius 3 is 1.74 bits per heavy atom. The number of allylic oxidation sites excluding steroid dienone is 4. The molecule has 0 aromatic heterocycles. The van der Waals surface area contributed by atoms with Crippen molar-refractivity contribution < 1.29 is 130 Å². The SMILES string of the molecule is CCCC1O[C@@H]2C[C@H]3[C@@H]4CCC5=CC(=O)C=C[C@]5(C)[C@H]4[C@@H](O)C[C@]3(C)[C@]2(C(=O)COC(=O)CCCSSC[C@H](NC(C)=O)C(=O)NCC(=O)N[C@@H](CC(N)=O)C(=O)N[C@@H](CC(N)=O)C(=O)N[C@@H](CCC(N)=O)C(=O)N[C@@H](CCC(N)=O)C(=O)NCC(=O)NCC(=O)N[C@@H](CC(=O)O)C(=O)N2CCC[C@H]2C(=O)N[C@H](C(=O)N[C@@H](CCCCN)C(=O)NCC(N)=O)C(C)C)O1. The van der Waals surface area contributed by atoms with Crippen molar-refractivity contribution in [1.29, 1.82) is 0 Å². The van der Waals surface area contributed by atoms with Crippen LogP contribution >= 0.6 is 21.6 Å². The van der Waals surface area contributed by atoms with E-state index in [1.165, 1.54) is 10.8 Å². The lowest BCUT2D eigenvalue weighted by atomic mass is 9.46. The van der Waals surface area contributed by atoms with E-state index in [1.54, 1.807) is 26.0 Å². The molecule has 0 radical (unpaired) electrons. The second-order valence-corrected chi connectivity index (χ2v) is 35.9. The number of fused-ring (bicyclic) bond motifs is 7. The third kappa shape index (κ3) is 29.9. The number of rotatable bonds is 54. The Labute approximate surface area is 745 Å². The van der Waals surface area contributed by atoms with E-state index in [1.807, 2.05) is 19.9 Å². The number of aliphatic carboxylic acids is 1. The van der Waals surface area contributed by atoms with Gasteiger partial charge in [0.25, 0.3) is 0 Å². The molecule has 0 aromatic rings. The number of esters is 1. The number of hydrogen-bond donors (Lipinski definition) is 20. The molecule has 0 spiro atoms. The molecule has 18 amide bonds. The average Bonchev–Trinajstić information content (AvgIpc) is 1.49. The summed E-state index contributed by atoms with van der Waals surface area (Å²) in [7, 11) is 2.32. The molecular weight excluding hydrogens is 1720 g/mol. The van der Waals surface area contributed by atoms with Crippen molar-refractivity contribution in [2.75, 3.05) is 57.4 Å². The van der Waals surface area contributed by atoms with Crippen LogP contribution in [0.3, 0.4) is 0 Å². The van der Waals surface area contributed by atoms with Gasteiger partial charge in [-0.2, -0.15) is 0 Å². The van der Waals surface area contributed by atoms with Gasteiger partial charge in [-0.05, 0) is 120 Å². The van der Waals surface area contributed by atoms with E-state index >= 15 is 0 Å². The maximum Gasteiger partial charge on any atom is 0.306 e. The standard InChI is InChI=1S/C80H121N19O27S2/c1-7-12-66-125-55-28-44-43-17-16-41-27-42(101)22-23-78(41,5)67(43)53(102)32-79(44,6)80(55,126-66)54(103)37-124-65(114)15-11-26-127-128-38-51(91-40(4)100)71(117)90-36-63(111)92-48(29-58(84)106)73(119)97-49(30-59(85)107)74(120)95-47(19-21-57(83)105)72(118)94-46(18-20-56(82)104)70(116)89-34-61(109)87-35-62(110)93-50(31-64(112)113)77(123)99-25-10-14-52(99)75(121)98-68(39(2)3)76(122)96-45(13-8-9-24-81)69(115)88-33-60(86)108/h22-23,27,39,43-53,55,66-68,102H,7-21,24-26,28-38,81H2,1-6H3,(H2,82,104)(H2,83,105)(H2,84,106)(H2,85,107)(H2,86,108)(H,87,109)(H,88,115)(H,89,116)(H,90,117)(H,91,100)(H,92,111)(H,93,110)(H,94,118)(H,95,120)(H,96,122)(H,97,119)(H,98,121)(H,112,113)/t43-,44-,45-,46-,47-,48-,49-,50-,51-,52-,53-,55+,66?,67+,68-,78-,79-,80+/m0/s1. The summed E-state index contributed by atoms with van der Waals surface area (Å²) in [6.45, 7) is 6.43. The van der Waals surface area contributed by atoms with Gasteiger partial charge in [0.1, 0.15) is 54.4 Å². The largest absolute Gasteiger partial charge is 0.481 e. The summed E-state index contributed by atoms with van der Waals surface area (Å²) < 4.78 is 18.8. The number of ether oxygens (including phenoxy) is 3. The van der Waals surface area contributed by atoms with Crippen molar-refractivity contribution in [2.45, 2.75) is 248 Å². The molecular formula is C80H121N19O27S2. The average molecular weight is 1850 g/mol. The lowest BCUT2D eigenvalue weighted by molar-refractivity contribution is -0.201. The zero-order valence-electron chi connectivity index (χ0n) is 72.3. The molecule has 4 aliphatic carbocycles. The fourth-order valence-corrected chi connectivity index (χ4v) is 19.5. The van der Waals surface area contributed by atoms with E-state index < -0.39 is 297 Å². The molecule has 2 aliphatic heterocycles. The molecule has 0 aromatic carbocycles. The van der Waals surface area contributed by atoms with Gasteiger partial charge < -0.3 is 128 Å². The third-order valence-electron chi connectivity index (χ3n) is 23.3. The van der Waals surface area contributed by atoms with Gasteiger partial charge in [-0.1, -0.05) is 74.3 Å². The minimum Gasteiger partial charge on any atom is -0.481 e. The number of likely N-dealkylation sites (tertiary alicyclic amines) is 1. The summed E-state index contributed by atoms with van der Waals surface area (Å²) >= 11 is 0. The first-order valence-electron chi connectivity index (χ1n) is 42.3. The minimum atomic E-state index is -2.07. The van der Waals surface area contributed by atoms with Crippen molar-refractivity contribution in [3.63, 3.8) is 0 Å². The van der Waals surface area contributed by atoms with Gasteiger partial charge in [0.05, 0.1) is 57.6 Å². The highest BCUT2D eigenvalue weighted by atomic mass is 33.1. The van der Waals surface area contributed by atoms with Gasteiger partial charge in [0, 0.05) is 61.0 Å². The second-order valence-electron chi connectivity index (χ2n) is 33.2. The highest BCUT2D eigenvalue weighted by molar-refractivity contribution is 8.76. The zero-order chi connectivity index (χ0) is 95.2. The number of nitrogens with zero attached hydrogens (tertiary/aromatic N) is 1. The Morgan fingerprint density at radius 2 is 1.16 bits per heavy atom. The van der Waals surface area contributed by atoms with Crippen LogP contribution in [0.15, 0.2) is 23.8 Å². The van der Waals surface area contributed by atoms with Crippen molar-refractivity contribution >= 4 is 151 Å². The first kappa shape index (κ1) is 106. The van der Waals surface area contributed by atoms with Gasteiger partial charge in [0.2, 0.25) is 112 Å². The fraction of sp³-hybridized carbons (Fsp3) is 0.675. The minimum absolute atomic E-state index is 0.0250. The topological polar surface area (TPSA) is 747 Å². The van der Waals surface area contributed by atoms with Crippen LogP contribution in [0.2, 0.25) is 0 Å². The number of amides is 18. The van der Waals surface area contributed by atoms with Gasteiger partial charge >= 0.3 is 11.9 Å². The number of unbranched alkanes of at least 4 members (excludes halogenated alkanes) is 1. The number of hydrogen-bond acceptors (Lipinski definition) is 29. The van der Waals surface area contributed by atoms with Crippen molar-refractivity contribution in [1.82, 2.24) is 68.7 Å². The lowest BCUT2D eigenvalue weighted by Gasteiger charge is -2.59. The number of Topliss-reactive ketones (excluding diaryl/α,β-unsaturated/α-hetero) is 1. The highest BCUT2D eigenvalue weighted by Gasteiger charge is 2.76. The molecule has 6 aliphatic rings. The highest BCUT2D eigenvalue weighted by Crippen LogP contribution is 2.70. The maximum absolute atomic E-state index is 14.7. The molecule has 26 N–H and O–H groups in total. The van der Waals surface area contributed by atoms with Crippen LogP contribution in [0.25, 0.3) is 0 Å². The first-order valence-corrected chi connectivity index (χ1v) is 44.8. The van der Waals surface area contributed by atoms with Crippen molar-refractivity contribution in [2.24, 2.45) is 68.9 Å². The molecule has 2 saturated heterocycles. The summed E-state index contributed by atoms with van der Waals surface area (Å²) in [6, 6.07) is -14.7. The number of primary amides is 5. The predicted octanol–water partition coefficient (Wildman–Crippen LogP) is -7.19. The summed E-state index contributed by atoms with van der Waals surface area (Å²) in [6.07, 6.45) is 1.89. The number of aliphatic hydroxyl groups excluding tert-OH is 1. The Morgan fingerprint density at radius 1 is 0.609 bits per heavy atom. The number of aliphatic hydroxyl groups is 1. The molecule has 5 fully saturated rings. The van der Waals surface area contributed by atoms with Gasteiger partial charge in [0.15, 0.2) is 24.3 Å². The van der Waals surface area contributed by atoms with Gasteiger partial charge in [-0.3, -0.25) is 105 Å². The number of carbonyl (C=O) groups excluding carboxylic acids is 21. The molecule has 0 bridgehead atoms. The summed E-state index contributed by atoms with van der Waals surface area (Å²) in [5.74, 6) is -22.6. The monoisotopic (exact) mass is 1840 g/mol. The molecule has 128 heavy (non-hydrogen) atoms. The van der Waals surface area contributed by atoms with Crippen LogP contribution in [0, 0.1) is 34.5 Å². The number of ketones is 2. The number of carbonyl (C=O) groups is 22. The summed E-state index contributed by atoms with van der Waals surface area (Å²) in [4.78, 5) is 289. The molecule has 48 heteroatoms. The summed E-state index contributed by atoms with van der Waals surface area (Å²) in [5, 5.41) is 49.3. The molecule has 46 nitrogen and oxygen atoms in total. The first-order chi connectivity index (χ1) is 60.3. The van der Waals surface area contributed by atoms with Crippen LogP contribution in [0.4, 0.5) is 0 Å². The molecule has 2 heterocycles. The van der Waals surface area contributed by atoms with Crippen molar-refractivity contribution in [3.05, 3.63) is 23.8 Å². The molecule has 3 saturated carbocycles. The van der Waals surface area contributed by atoms with E-state index in [0.717, 1.165) is 28.2 Å². The van der Waals surface area contributed by atoms with Gasteiger partial charge in [-0.15, -0.1) is 0 Å². The number of carboxylic acid groups (broad SMARTS) is 1. The fourth-order valence-electron chi connectivity index (χ4n) is 17.3. The predicted molar refractivity (Wildman–Crippen MR) is 452 cm³/mol. The number of carboxylic acids is 1. The Kier molecular flexibility index (Phi) is 40.7. The van der Waals surface area contributed by atoms with Crippen LogP contribution in [-0.2, 0) is 120 Å². The zero-order valence-corrected chi connectivity index (χ0v) is 73.9. The normalized spacial score (nSPS) is 23.5. The Hall–Kier alpha value is -11.2. The van der Waals surface area contributed by atoms with E-state index in [-0.39, 0.29) is 80.9 Å². The van der Waals surface area contributed by atoms with E-state index in [0.29, 0.717) is 50.7 Å². The summed E-state index contributed by atoms with van der Waals surface area (Å²) in [5.41, 5.74) is 30.3. The smallest absolute Gasteiger partial charge is 0.306 e. The third-order valence-corrected chi connectivity index (χ3v) is 25.8. The Bertz CT molecular complexity index is 4250. The second kappa shape index (κ2) is 49.4. The molecule has 1 unspecified atom stereocenters. The van der Waals surface area contributed by atoms with Crippen LogP contribution < -0.4 is 98.2 Å². The molecule has 710 valence electrons. The van der Waals surface area contributed by atoms with Crippen LogP contribution in [0.1, 0.15) is 170 Å². The van der Waals surface area contributed by atoms with Gasteiger partial charge in [-0.25, -0.2) is 0 Å². The quantitative estimate of drug-likeness (QED) is 0.0153. The number of nitrogens with two attached hydrogens (primary N) is 6. The number of nitrogens with one attached hydrogen (secondary N) is 12. The van der Waals surface area contributed by atoms with E-state index in [2.05, 4.69) is 70.7 Å². The molecule has 18 atom stereocenters. The van der Waals surface area contributed by atoms with E-state index in [9.17, 15) is 116 Å². The Balaban J connectivity index is 0.984. The van der Waals surface area contributed by atoms with Crippen LogP contribution in [-0.4, -0.2) is 281 Å². The molecule has 6 rings (SSSR count). The van der Waals surface area contributed by atoms with Crippen LogP contribution in [0.5, 0.6) is 0 Å². The lowest BCUT2D eigenvalue weighted by Crippen LogP contribution is -2.63. The van der Waals surface area contributed by atoms with E-state index in [4.69, 9.17) is 48.6 Å². The van der Waals surface area contributed by atoms with Crippen molar-refractivity contribution in [3.8, 4) is 0 Å².